The smallest absolute Gasteiger partial charge is 0.264 e. The Morgan fingerprint density at radius 2 is 1.60 bits per heavy atom. The minimum absolute atomic E-state index is 0.0906. The number of nitrogens with one attached hydrogen (secondary N) is 1. The molecule has 3 rings (SSSR count). The average Bonchev–Trinajstić information content (AvgIpc) is 2.98. The van der Waals surface area contributed by atoms with Crippen LogP contribution in [0.25, 0.3) is 0 Å². The van der Waals surface area contributed by atoms with Gasteiger partial charge in [-0.15, -0.1) is 0 Å². The van der Waals surface area contributed by atoms with Crippen molar-refractivity contribution in [2.24, 2.45) is 0 Å². The molecule has 0 saturated carbocycles. The zero-order valence-electron chi connectivity index (χ0n) is 25.5. The molecule has 3 aromatic rings. The molecule has 0 aliphatic carbocycles. The van der Waals surface area contributed by atoms with Crippen LogP contribution in [0.15, 0.2) is 71.6 Å². The van der Waals surface area contributed by atoms with E-state index in [9.17, 15) is 18.0 Å². The number of rotatable bonds is 14. The average molecular weight is 594 g/mol. The topological polar surface area (TPSA) is 96.0 Å². The molecule has 0 aliphatic rings. The highest BCUT2D eigenvalue weighted by Crippen LogP contribution is 2.29. The highest BCUT2D eigenvalue weighted by atomic mass is 32.2. The maximum atomic E-state index is 14.2. The molecule has 0 radical (unpaired) electrons. The van der Waals surface area contributed by atoms with Crippen LogP contribution in [0.1, 0.15) is 55.4 Å². The number of benzene rings is 3. The first-order valence-electron chi connectivity index (χ1n) is 14.4. The van der Waals surface area contributed by atoms with Crippen molar-refractivity contribution in [1.82, 2.24) is 10.2 Å². The van der Waals surface area contributed by atoms with Gasteiger partial charge in [-0.05, 0) is 80.6 Å². The summed E-state index contributed by atoms with van der Waals surface area (Å²) in [5, 5.41) is 2.95. The fourth-order valence-electron chi connectivity index (χ4n) is 4.71. The third-order valence-corrected chi connectivity index (χ3v) is 9.23. The fraction of sp³-hybridized carbons (Fsp3) is 0.394. The second-order valence-electron chi connectivity index (χ2n) is 10.5. The van der Waals surface area contributed by atoms with Crippen molar-refractivity contribution in [2.75, 3.05) is 24.5 Å². The summed E-state index contributed by atoms with van der Waals surface area (Å²) in [6.07, 6.45) is 2.12. The molecule has 8 nitrogen and oxygen atoms in total. The molecule has 0 aromatic heterocycles. The summed E-state index contributed by atoms with van der Waals surface area (Å²) in [4.78, 5) is 29.1. The Kier molecular flexibility index (Phi) is 11.6. The first-order valence-corrected chi connectivity index (χ1v) is 15.8. The minimum atomic E-state index is -4.12. The van der Waals surface area contributed by atoms with Crippen molar-refractivity contribution in [1.29, 1.82) is 0 Å². The lowest BCUT2D eigenvalue weighted by Crippen LogP contribution is -2.52. The van der Waals surface area contributed by atoms with Crippen LogP contribution in [-0.2, 0) is 26.2 Å². The standard InChI is InChI=1S/C33H43N3O5S/c1-7-9-21-34-33(38)30(8-2)35(22-27-15-17-28(41-6)18-16-27)32(37)23-36(31-12-10-11-25(4)26(31)5)42(39,40)29-19-13-24(3)14-20-29/h10-20,30H,7-9,21-23H2,1-6H3,(H,34,38)/t30-/m0/s1. The molecular formula is C33H43N3O5S. The highest BCUT2D eigenvalue weighted by Gasteiger charge is 2.34. The summed E-state index contributed by atoms with van der Waals surface area (Å²) in [5.74, 6) is -0.0568. The Bertz CT molecular complexity index is 1450. The summed E-state index contributed by atoms with van der Waals surface area (Å²) in [5.41, 5.74) is 3.80. The van der Waals surface area contributed by atoms with Gasteiger partial charge in [0.1, 0.15) is 18.3 Å². The van der Waals surface area contributed by atoms with Crippen molar-refractivity contribution in [3.63, 3.8) is 0 Å². The Morgan fingerprint density at radius 1 is 0.929 bits per heavy atom. The first kappa shape index (κ1) is 32.7. The van der Waals surface area contributed by atoms with Crippen molar-refractivity contribution in [2.45, 2.75) is 71.4 Å². The zero-order valence-corrected chi connectivity index (χ0v) is 26.3. The number of hydrogen-bond donors (Lipinski definition) is 1. The van der Waals surface area contributed by atoms with Crippen molar-refractivity contribution in [3.8, 4) is 5.75 Å². The van der Waals surface area contributed by atoms with Gasteiger partial charge in [-0.1, -0.05) is 62.2 Å². The van der Waals surface area contributed by atoms with Gasteiger partial charge in [0.2, 0.25) is 11.8 Å². The van der Waals surface area contributed by atoms with E-state index in [0.29, 0.717) is 24.4 Å². The number of nitrogens with zero attached hydrogens (tertiary/aromatic N) is 2. The van der Waals surface area contributed by atoms with Crippen molar-refractivity contribution in [3.05, 3.63) is 89.0 Å². The van der Waals surface area contributed by atoms with Crippen molar-refractivity contribution < 1.29 is 22.7 Å². The molecule has 226 valence electrons. The highest BCUT2D eigenvalue weighted by molar-refractivity contribution is 7.92. The van der Waals surface area contributed by atoms with E-state index in [0.717, 1.165) is 35.1 Å². The van der Waals surface area contributed by atoms with Gasteiger partial charge < -0.3 is 15.0 Å². The Balaban J connectivity index is 2.07. The number of sulfonamides is 1. The molecule has 0 fully saturated rings. The summed E-state index contributed by atoms with van der Waals surface area (Å²) >= 11 is 0. The van der Waals surface area contributed by atoms with E-state index < -0.39 is 28.5 Å². The number of carbonyl (C=O) groups excluding carboxylic acids is 2. The molecule has 0 bridgehead atoms. The quantitative estimate of drug-likeness (QED) is 0.248. The number of amides is 2. The van der Waals surface area contributed by atoms with E-state index in [1.165, 1.54) is 9.21 Å². The van der Waals surface area contributed by atoms with Gasteiger partial charge >= 0.3 is 0 Å². The monoisotopic (exact) mass is 593 g/mol. The molecule has 2 amide bonds. The lowest BCUT2D eigenvalue weighted by atomic mass is 10.1. The maximum absolute atomic E-state index is 14.2. The van der Waals surface area contributed by atoms with Gasteiger partial charge in [0.05, 0.1) is 17.7 Å². The van der Waals surface area contributed by atoms with Crippen molar-refractivity contribution >= 4 is 27.5 Å². The SMILES string of the molecule is CCCCNC(=O)[C@H](CC)N(Cc1ccc(OC)cc1)C(=O)CN(c1cccc(C)c1C)S(=O)(=O)c1ccc(C)cc1. The number of anilines is 1. The van der Waals surface area contributed by atoms with E-state index in [1.54, 1.807) is 55.6 Å². The predicted octanol–water partition coefficient (Wildman–Crippen LogP) is 5.54. The molecule has 1 atom stereocenters. The fourth-order valence-corrected chi connectivity index (χ4v) is 6.18. The molecule has 3 aromatic carbocycles. The number of methoxy groups -OCH3 is 1. The predicted molar refractivity (Wildman–Crippen MR) is 167 cm³/mol. The van der Waals surface area contributed by atoms with E-state index in [1.807, 2.05) is 52.8 Å². The molecule has 1 N–H and O–H groups in total. The van der Waals surface area contributed by atoms with Gasteiger partial charge in [-0.25, -0.2) is 8.42 Å². The third kappa shape index (κ3) is 7.91. The van der Waals surface area contributed by atoms with Crippen LogP contribution in [0.4, 0.5) is 5.69 Å². The second kappa shape index (κ2) is 14.9. The maximum Gasteiger partial charge on any atom is 0.264 e. The van der Waals surface area contributed by atoms with E-state index in [2.05, 4.69) is 5.32 Å². The molecular weight excluding hydrogens is 550 g/mol. The van der Waals surface area contributed by atoms with E-state index in [-0.39, 0.29) is 17.3 Å². The van der Waals surface area contributed by atoms with Gasteiger partial charge in [0, 0.05) is 13.1 Å². The summed E-state index contributed by atoms with van der Waals surface area (Å²) in [6, 6.07) is 18.5. The van der Waals surface area contributed by atoms with Crippen LogP contribution < -0.4 is 14.4 Å². The normalized spacial score (nSPS) is 12.0. The number of unbranched alkanes of at least 4 members (excludes halogenated alkanes) is 1. The van der Waals surface area contributed by atoms with Gasteiger partial charge in [0.15, 0.2) is 0 Å². The Morgan fingerprint density at radius 3 is 2.19 bits per heavy atom. The molecule has 0 spiro atoms. The number of carbonyl (C=O) groups is 2. The van der Waals surface area contributed by atoms with Crippen LogP contribution in [-0.4, -0.2) is 51.4 Å². The van der Waals surface area contributed by atoms with Crippen LogP contribution >= 0.6 is 0 Å². The molecule has 0 unspecified atom stereocenters. The number of hydrogen-bond acceptors (Lipinski definition) is 5. The second-order valence-corrected chi connectivity index (χ2v) is 12.3. The summed E-state index contributed by atoms with van der Waals surface area (Å²) in [7, 11) is -2.54. The van der Waals surface area contributed by atoms with Crippen LogP contribution in [0.3, 0.4) is 0 Å². The lowest BCUT2D eigenvalue weighted by Gasteiger charge is -2.33. The number of aryl methyl sites for hydroxylation is 2. The minimum Gasteiger partial charge on any atom is -0.497 e. The van der Waals surface area contributed by atoms with E-state index >= 15 is 0 Å². The Labute approximate surface area is 250 Å². The molecule has 0 saturated heterocycles. The van der Waals surface area contributed by atoms with Crippen LogP contribution in [0, 0.1) is 20.8 Å². The lowest BCUT2D eigenvalue weighted by molar-refractivity contribution is -0.140. The molecule has 0 aliphatic heterocycles. The first-order chi connectivity index (χ1) is 20.0. The molecule has 42 heavy (non-hydrogen) atoms. The summed E-state index contributed by atoms with van der Waals surface area (Å²) in [6.45, 7) is 9.70. The Hall–Kier alpha value is -3.85. The summed E-state index contributed by atoms with van der Waals surface area (Å²) < 4.78 is 34.7. The molecule has 0 heterocycles. The third-order valence-electron chi connectivity index (χ3n) is 7.46. The zero-order chi connectivity index (χ0) is 30.9. The van der Waals surface area contributed by atoms with Gasteiger partial charge in [-0.3, -0.25) is 13.9 Å². The van der Waals surface area contributed by atoms with E-state index in [4.69, 9.17) is 4.74 Å². The molecule has 9 heteroatoms. The largest absolute Gasteiger partial charge is 0.497 e. The van der Waals surface area contributed by atoms with Crippen LogP contribution in [0.5, 0.6) is 5.75 Å². The van der Waals surface area contributed by atoms with Gasteiger partial charge in [-0.2, -0.15) is 0 Å². The van der Waals surface area contributed by atoms with Gasteiger partial charge in [0.25, 0.3) is 10.0 Å². The van der Waals surface area contributed by atoms with Crippen LogP contribution in [0.2, 0.25) is 0 Å². The number of ether oxygens (including phenoxy) is 1.